The molecule has 1 aromatic carbocycles. The first-order valence-corrected chi connectivity index (χ1v) is 5.82. The number of amides is 2. The van der Waals surface area contributed by atoms with Crippen LogP contribution in [0.15, 0.2) is 24.3 Å². The van der Waals surface area contributed by atoms with Crippen molar-refractivity contribution in [3.05, 3.63) is 39.9 Å². The van der Waals surface area contributed by atoms with E-state index in [0.29, 0.717) is 0 Å². The summed E-state index contributed by atoms with van der Waals surface area (Å²) in [5.74, 6) is -1.69. The quantitative estimate of drug-likeness (QED) is 0.488. The summed E-state index contributed by atoms with van der Waals surface area (Å²) in [6, 6.07) is 4.66. The van der Waals surface area contributed by atoms with Crippen molar-refractivity contribution >= 4 is 23.7 Å². The molecule has 0 radical (unpaired) electrons. The van der Waals surface area contributed by atoms with Gasteiger partial charge in [0, 0.05) is 12.1 Å². The number of rotatable bonds is 5. The Labute approximate surface area is 119 Å². The maximum atomic E-state index is 11.6. The number of hydrogen-bond acceptors (Lipinski definition) is 7. The van der Waals surface area contributed by atoms with Crippen LogP contribution in [0.5, 0.6) is 0 Å². The molecule has 1 rings (SSSR count). The van der Waals surface area contributed by atoms with Gasteiger partial charge in [0.15, 0.2) is 6.61 Å². The second-order valence-corrected chi connectivity index (χ2v) is 3.65. The fourth-order valence-corrected chi connectivity index (χ4v) is 1.25. The van der Waals surface area contributed by atoms with Gasteiger partial charge >= 0.3 is 12.1 Å². The number of nitrogens with one attached hydrogen (secondary N) is 1. The normalized spacial score (nSPS) is 9.57. The van der Waals surface area contributed by atoms with Crippen molar-refractivity contribution < 1.29 is 28.8 Å². The predicted octanol–water partition coefficient (Wildman–Crippen LogP) is 1.02. The van der Waals surface area contributed by atoms with Gasteiger partial charge in [-0.05, 0) is 19.1 Å². The summed E-state index contributed by atoms with van der Waals surface area (Å²) in [6.45, 7) is 0.995. The number of non-ortho nitro benzene ring substituents is 1. The molecule has 1 aromatic rings. The van der Waals surface area contributed by atoms with Crippen LogP contribution >= 0.6 is 0 Å². The second-order valence-electron chi connectivity index (χ2n) is 3.65. The molecular weight excluding hydrogens is 284 g/mol. The van der Waals surface area contributed by atoms with Crippen molar-refractivity contribution in [3.8, 4) is 0 Å². The van der Waals surface area contributed by atoms with Crippen LogP contribution in [0, 0.1) is 10.1 Å². The number of hydrogen-bond donors (Lipinski definition) is 1. The second kappa shape index (κ2) is 7.58. The highest BCUT2D eigenvalue weighted by Gasteiger charge is 2.14. The molecule has 0 unspecified atom stereocenters. The third-order valence-electron chi connectivity index (χ3n) is 2.17. The molecule has 0 spiro atoms. The van der Waals surface area contributed by atoms with Crippen LogP contribution < -0.4 is 5.32 Å². The number of nitrogens with zero attached hydrogens (tertiary/aromatic N) is 1. The first-order valence-electron chi connectivity index (χ1n) is 5.82. The number of imide groups is 1. The van der Waals surface area contributed by atoms with Crippen molar-refractivity contribution in [2.75, 3.05) is 13.2 Å². The molecule has 0 aliphatic heterocycles. The molecule has 0 saturated heterocycles. The Kier molecular flexibility index (Phi) is 5.80. The number of carbonyl (C=O) groups is 3. The summed E-state index contributed by atoms with van der Waals surface area (Å²) in [5.41, 5.74) is -0.129. The maximum Gasteiger partial charge on any atom is 0.413 e. The topological polar surface area (TPSA) is 125 Å². The van der Waals surface area contributed by atoms with E-state index in [2.05, 4.69) is 9.47 Å². The zero-order valence-electron chi connectivity index (χ0n) is 11.0. The molecule has 0 saturated carbocycles. The van der Waals surface area contributed by atoms with Gasteiger partial charge in [0.2, 0.25) is 0 Å². The smallest absolute Gasteiger partial charge is 0.413 e. The zero-order chi connectivity index (χ0) is 15.8. The molecule has 0 aliphatic rings. The lowest BCUT2D eigenvalue weighted by atomic mass is 10.2. The number of alkyl carbamates (subject to hydrolysis) is 1. The Hall–Kier alpha value is -2.97. The van der Waals surface area contributed by atoms with Gasteiger partial charge < -0.3 is 9.47 Å². The number of carbonyl (C=O) groups excluding carboxylic acids is 3. The molecule has 2 amide bonds. The van der Waals surface area contributed by atoms with Gasteiger partial charge in [-0.2, -0.15) is 0 Å². The molecule has 0 fully saturated rings. The SMILES string of the molecule is CCOC(=O)NC(=O)COC(=O)c1ccc([N+](=O)[O-])cc1. The molecule has 21 heavy (non-hydrogen) atoms. The predicted molar refractivity (Wildman–Crippen MR) is 68.5 cm³/mol. The van der Waals surface area contributed by atoms with Crippen LogP contribution in [0.3, 0.4) is 0 Å². The lowest BCUT2D eigenvalue weighted by Gasteiger charge is -2.05. The number of ether oxygens (including phenoxy) is 2. The molecule has 0 heterocycles. The van der Waals surface area contributed by atoms with Crippen molar-refractivity contribution in [2.45, 2.75) is 6.92 Å². The van der Waals surface area contributed by atoms with E-state index in [4.69, 9.17) is 0 Å². The number of nitro groups is 1. The van der Waals surface area contributed by atoms with Crippen molar-refractivity contribution in [2.24, 2.45) is 0 Å². The highest BCUT2D eigenvalue weighted by atomic mass is 16.6. The summed E-state index contributed by atoms with van der Waals surface area (Å²) in [6.07, 6.45) is -0.936. The highest BCUT2D eigenvalue weighted by molar-refractivity contribution is 5.95. The Bertz CT molecular complexity index is 553. The summed E-state index contributed by atoms with van der Waals surface area (Å²) in [7, 11) is 0. The van der Waals surface area contributed by atoms with E-state index >= 15 is 0 Å². The Morgan fingerprint density at radius 3 is 2.33 bits per heavy atom. The lowest BCUT2D eigenvalue weighted by molar-refractivity contribution is -0.384. The summed E-state index contributed by atoms with van der Waals surface area (Å²) >= 11 is 0. The van der Waals surface area contributed by atoms with E-state index in [0.717, 1.165) is 12.1 Å². The van der Waals surface area contributed by atoms with E-state index < -0.39 is 29.5 Å². The molecule has 1 N–H and O–H groups in total. The molecular formula is C12H12N2O7. The molecule has 0 aliphatic carbocycles. The molecule has 0 bridgehead atoms. The Morgan fingerprint density at radius 1 is 1.19 bits per heavy atom. The van der Waals surface area contributed by atoms with Crippen molar-refractivity contribution in [1.29, 1.82) is 0 Å². The van der Waals surface area contributed by atoms with Crippen LogP contribution in [0.1, 0.15) is 17.3 Å². The maximum absolute atomic E-state index is 11.6. The molecule has 9 heteroatoms. The van der Waals surface area contributed by atoms with Crippen LogP contribution in [-0.2, 0) is 14.3 Å². The van der Waals surface area contributed by atoms with Gasteiger partial charge in [0.05, 0.1) is 17.1 Å². The highest BCUT2D eigenvalue weighted by Crippen LogP contribution is 2.12. The fraction of sp³-hybridized carbons (Fsp3) is 0.250. The average molecular weight is 296 g/mol. The standard InChI is InChI=1S/C12H12N2O7/c1-2-20-12(17)13-10(15)7-21-11(16)8-3-5-9(6-4-8)14(18)19/h3-6H,2,7H2,1H3,(H,13,15,17). The molecule has 0 atom stereocenters. The number of benzene rings is 1. The molecule has 9 nitrogen and oxygen atoms in total. The van der Waals surface area contributed by atoms with Gasteiger partial charge in [-0.1, -0.05) is 0 Å². The fourth-order valence-electron chi connectivity index (χ4n) is 1.25. The van der Waals surface area contributed by atoms with Gasteiger partial charge in [-0.15, -0.1) is 0 Å². The summed E-state index contributed by atoms with van der Waals surface area (Å²) < 4.78 is 9.10. The molecule has 0 aromatic heterocycles. The van der Waals surface area contributed by atoms with E-state index in [1.165, 1.54) is 12.1 Å². The zero-order valence-corrected chi connectivity index (χ0v) is 11.0. The first kappa shape index (κ1) is 16.1. The lowest BCUT2D eigenvalue weighted by Crippen LogP contribution is -2.34. The summed E-state index contributed by atoms with van der Waals surface area (Å²) in [4.78, 5) is 43.5. The van der Waals surface area contributed by atoms with E-state index in [1.54, 1.807) is 6.92 Å². The summed E-state index contributed by atoms with van der Waals surface area (Å²) in [5, 5.41) is 12.3. The van der Waals surface area contributed by atoms with E-state index in [-0.39, 0.29) is 17.9 Å². The monoisotopic (exact) mass is 296 g/mol. The minimum atomic E-state index is -0.936. The van der Waals surface area contributed by atoms with Crippen LogP contribution in [0.4, 0.5) is 10.5 Å². The van der Waals surface area contributed by atoms with E-state index in [9.17, 15) is 24.5 Å². The minimum Gasteiger partial charge on any atom is -0.452 e. The average Bonchev–Trinajstić information content (AvgIpc) is 2.45. The van der Waals surface area contributed by atoms with Crippen molar-refractivity contribution in [1.82, 2.24) is 5.32 Å². The van der Waals surface area contributed by atoms with Crippen LogP contribution in [-0.4, -0.2) is 36.1 Å². The van der Waals surface area contributed by atoms with Gasteiger partial charge in [0.1, 0.15) is 0 Å². The van der Waals surface area contributed by atoms with Crippen molar-refractivity contribution in [3.63, 3.8) is 0 Å². The number of nitro benzene ring substituents is 1. The van der Waals surface area contributed by atoms with Crippen LogP contribution in [0.2, 0.25) is 0 Å². The first-order chi connectivity index (χ1) is 9.93. The van der Waals surface area contributed by atoms with Crippen LogP contribution in [0.25, 0.3) is 0 Å². The third kappa shape index (κ3) is 5.27. The Balaban J connectivity index is 2.48. The molecule has 112 valence electrons. The Morgan fingerprint density at radius 2 is 1.81 bits per heavy atom. The number of esters is 1. The van der Waals surface area contributed by atoms with E-state index in [1.807, 2.05) is 5.32 Å². The largest absolute Gasteiger partial charge is 0.452 e. The van der Waals surface area contributed by atoms with Gasteiger partial charge in [-0.3, -0.25) is 20.2 Å². The van der Waals surface area contributed by atoms with Gasteiger partial charge in [0.25, 0.3) is 11.6 Å². The third-order valence-corrected chi connectivity index (χ3v) is 2.17. The minimum absolute atomic E-state index is 0.0459. The van der Waals surface area contributed by atoms with Gasteiger partial charge in [-0.25, -0.2) is 9.59 Å².